The smallest absolute Gasteiger partial charge is 0.329 e. The summed E-state index contributed by atoms with van der Waals surface area (Å²) < 4.78 is 43.1. The molecule has 422 valence electrons. The number of carbonyl (C=O) groups is 4. The molecule has 3 heterocycles. The van der Waals surface area contributed by atoms with Crippen LogP contribution in [0.15, 0.2) is 47.6 Å². The summed E-state index contributed by atoms with van der Waals surface area (Å²) in [4.78, 5) is 58.5. The quantitative estimate of drug-likeness (QED) is 0.0658. The van der Waals surface area contributed by atoms with Crippen LogP contribution >= 0.6 is 0 Å². The number of ether oxygens (including phenoxy) is 6. The Hall–Kier alpha value is -2.86. The number of fused-ring (bicyclic) bond motifs is 3. The molecule has 2 saturated heterocycles. The predicted octanol–water partition coefficient (Wildman–Crippen LogP) is 10.0. The Morgan fingerprint density at radius 3 is 2.19 bits per heavy atom. The number of amides is 1. The second kappa shape index (κ2) is 29.2. The van der Waals surface area contributed by atoms with Crippen LogP contribution in [0.2, 0.25) is 18.1 Å². The lowest BCUT2D eigenvalue weighted by atomic mass is 9.78. The van der Waals surface area contributed by atoms with E-state index in [-0.39, 0.29) is 59.2 Å². The highest BCUT2D eigenvalue weighted by molar-refractivity contribution is 6.74. The molecule has 74 heavy (non-hydrogen) atoms. The van der Waals surface area contributed by atoms with Crippen LogP contribution in [0.5, 0.6) is 0 Å². The monoisotopic (exact) mass is 1060 g/mol. The van der Waals surface area contributed by atoms with Crippen molar-refractivity contribution in [1.29, 1.82) is 0 Å². The number of carbonyl (C=O) groups excluding carboxylic acids is 4. The van der Waals surface area contributed by atoms with E-state index in [1.54, 1.807) is 21.1 Å². The first-order valence-corrected chi connectivity index (χ1v) is 30.9. The summed E-state index contributed by atoms with van der Waals surface area (Å²) in [5.74, 6) is -6.02. The average molecular weight is 1060 g/mol. The number of nitrogens with zero attached hydrogens (tertiary/aromatic N) is 1. The molecule has 0 radical (unpaired) electrons. The van der Waals surface area contributed by atoms with Crippen molar-refractivity contribution in [2.45, 2.75) is 225 Å². The number of esters is 1. The molecule has 2 bridgehead atoms. The van der Waals surface area contributed by atoms with Gasteiger partial charge in [-0.2, -0.15) is 0 Å². The Morgan fingerprint density at radius 1 is 0.811 bits per heavy atom. The number of hydrogen-bond donors (Lipinski definition) is 2. The van der Waals surface area contributed by atoms with Gasteiger partial charge in [-0.1, -0.05) is 91.8 Å². The standard InChI is InChI=1S/C59H99NO13Si/c1-38-21-17-16-18-22-40(3)50(67-11)37-46-27-25-44(7)59(66,73-46)55(63)56(64)60-30-20-19-23-47(60)57(65)72-48(28-24-39(2)34-43(6)53(62)54(69-13)52(61)42(5)33-38)41(4)35-45-26-29-49(51(36-45)68-12)70-31-32-71-74(14,15)58(8,9)10/h16-18,21-22,34,38-39,41-42,44-51,53-54,62,66H,19-20,23-33,35-37H2,1-15H3/b18-16?,21-17+,40-22?,43-34+/t38-,39+,41-,42-,44-,45+,46+,47+,48+,49-,50?,51-,53-,54+,59-/m1/s1. The van der Waals surface area contributed by atoms with Crippen LogP contribution in [0.3, 0.4) is 0 Å². The van der Waals surface area contributed by atoms with E-state index in [0.29, 0.717) is 76.6 Å². The van der Waals surface area contributed by atoms with Crippen LogP contribution in [0.25, 0.3) is 0 Å². The number of allylic oxidation sites excluding steroid dienone is 6. The number of hydrogen-bond acceptors (Lipinski definition) is 13. The van der Waals surface area contributed by atoms with Crippen molar-refractivity contribution in [1.82, 2.24) is 4.90 Å². The van der Waals surface area contributed by atoms with Crippen molar-refractivity contribution in [2.24, 2.45) is 35.5 Å². The van der Waals surface area contributed by atoms with Gasteiger partial charge in [0.15, 0.2) is 14.1 Å². The molecular weight excluding hydrogens is 959 g/mol. The van der Waals surface area contributed by atoms with Gasteiger partial charge < -0.3 is 48.0 Å². The van der Waals surface area contributed by atoms with Crippen LogP contribution < -0.4 is 0 Å². The molecule has 0 aromatic carbocycles. The van der Waals surface area contributed by atoms with Gasteiger partial charge in [-0.15, -0.1) is 0 Å². The molecule has 14 nitrogen and oxygen atoms in total. The molecule has 1 saturated carbocycles. The Labute approximate surface area is 446 Å². The fraction of sp³-hybridized carbons (Fsp3) is 0.797. The first-order chi connectivity index (χ1) is 34.8. The minimum Gasteiger partial charge on any atom is -0.461 e. The number of cyclic esters (lactones) is 1. The van der Waals surface area contributed by atoms with Crippen molar-refractivity contribution in [3.63, 3.8) is 0 Å². The van der Waals surface area contributed by atoms with E-state index >= 15 is 0 Å². The number of Topliss-reactive ketones (excluding diaryl/α,β-unsaturated/α-hetero) is 2. The van der Waals surface area contributed by atoms with Gasteiger partial charge in [-0.05, 0) is 144 Å². The summed E-state index contributed by atoms with van der Waals surface area (Å²) in [6.45, 7) is 25.9. The van der Waals surface area contributed by atoms with Gasteiger partial charge in [-0.25, -0.2) is 4.79 Å². The lowest BCUT2D eigenvalue weighted by Crippen LogP contribution is -2.61. The minimum atomic E-state index is -2.38. The van der Waals surface area contributed by atoms with E-state index in [9.17, 15) is 29.4 Å². The van der Waals surface area contributed by atoms with Gasteiger partial charge in [-0.3, -0.25) is 14.4 Å². The first kappa shape index (κ1) is 63.7. The van der Waals surface area contributed by atoms with Crippen LogP contribution in [0.1, 0.15) is 153 Å². The van der Waals surface area contributed by atoms with Gasteiger partial charge in [0.05, 0.1) is 37.6 Å². The maximum atomic E-state index is 14.6. The lowest BCUT2D eigenvalue weighted by molar-refractivity contribution is -0.265. The van der Waals surface area contributed by atoms with Crippen molar-refractivity contribution in [3.05, 3.63) is 47.6 Å². The minimum absolute atomic E-state index is 0.0550. The Morgan fingerprint density at radius 2 is 1.53 bits per heavy atom. The maximum Gasteiger partial charge on any atom is 0.329 e. The first-order valence-electron chi connectivity index (χ1n) is 28.0. The van der Waals surface area contributed by atoms with Gasteiger partial charge in [0.25, 0.3) is 11.7 Å². The van der Waals surface area contributed by atoms with Crippen LogP contribution in [0.4, 0.5) is 0 Å². The number of ketones is 2. The summed E-state index contributed by atoms with van der Waals surface area (Å²) in [5.41, 5.74) is 1.52. The zero-order chi connectivity index (χ0) is 55.1. The van der Waals surface area contributed by atoms with E-state index in [2.05, 4.69) is 47.7 Å². The van der Waals surface area contributed by atoms with Crippen molar-refractivity contribution in [3.8, 4) is 0 Å². The zero-order valence-electron chi connectivity index (χ0n) is 48.2. The topological polar surface area (TPSA) is 177 Å². The third-order valence-electron chi connectivity index (χ3n) is 17.2. The molecule has 3 fully saturated rings. The van der Waals surface area contributed by atoms with Crippen molar-refractivity contribution in [2.75, 3.05) is 41.1 Å². The molecule has 0 spiro atoms. The van der Waals surface area contributed by atoms with E-state index in [1.807, 2.05) is 64.2 Å². The van der Waals surface area contributed by atoms with E-state index in [4.69, 9.17) is 32.8 Å². The van der Waals surface area contributed by atoms with Gasteiger partial charge in [0.1, 0.15) is 24.4 Å². The van der Waals surface area contributed by atoms with Gasteiger partial charge in [0, 0.05) is 46.1 Å². The number of aliphatic hydroxyl groups is 2. The molecule has 15 heteroatoms. The summed E-state index contributed by atoms with van der Waals surface area (Å²) in [7, 11) is 2.89. The summed E-state index contributed by atoms with van der Waals surface area (Å²) in [6, 6.07) is -1.02. The van der Waals surface area contributed by atoms with Crippen LogP contribution in [0, 0.1) is 35.5 Å². The Kier molecular flexibility index (Phi) is 25.1. The van der Waals surface area contributed by atoms with Crippen LogP contribution in [-0.4, -0.2) is 143 Å². The molecule has 1 unspecified atom stereocenters. The Balaban J connectivity index is 1.62. The molecule has 1 amide bonds. The average Bonchev–Trinajstić information content (AvgIpc) is 3.35. The molecular formula is C59H99NO13Si. The molecule has 15 atom stereocenters. The van der Waals surface area contributed by atoms with Gasteiger partial charge >= 0.3 is 5.97 Å². The molecule has 3 aliphatic heterocycles. The third kappa shape index (κ3) is 17.6. The summed E-state index contributed by atoms with van der Waals surface area (Å²) in [5, 5.41) is 23.7. The molecule has 4 rings (SSSR count). The molecule has 2 N–H and O–H groups in total. The highest BCUT2D eigenvalue weighted by atomic mass is 28.4. The molecule has 0 aromatic rings. The lowest BCUT2D eigenvalue weighted by Gasteiger charge is -2.42. The molecule has 0 aromatic heterocycles. The fourth-order valence-electron chi connectivity index (χ4n) is 11.2. The largest absolute Gasteiger partial charge is 0.461 e. The number of aliphatic hydroxyl groups excluding tert-OH is 1. The third-order valence-corrected chi connectivity index (χ3v) is 21.7. The normalized spacial score (nSPS) is 36.3. The van der Waals surface area contributed by atoms with Crippen LogP contribution in [-0.2, 0) is 52.0 Å². The highest BCUT2D eigenvalue weighted by Gasteiger charge is 2.53. The second-order valence-corrected chi connectivity index (χ2v) is 28.9. The number of rotatable bonds is 11. The van der Waals surface area contributed by atoms with E-state index < -0.39 is 74.2 Å². The fourth-order valence-corrected chi connectivity index (χ4v) is 12.2. The highest BCUT2D eigenvalue weighted by Crippen LogP contribution is 2.39. The number of methoxy groups -OCH3 is 3. The Bertz CT molecular complexity index is 1940. The second-order valence-electron chi connectivity index (χ2n) is 24.1. The molecule has 1 aliphatic carbocycles. The van der Waals surface area contributed by atoms with Crippen molar-refractivity contribution >= 4 is 31.8 Å². The predicted molar refractivity (Wildman–Crippen MR) is 292 cm³/mol. The van der Waals surface area contributed by atoms with Crippen molar-refractivity contribution < 1.29 is 62.2 Å². The zero-order valence-corrected chi connectivity index (χ0v) is 49.2. The SMILES string of the molecule is COC1C[C@@H]2CC[C@@H](C)[C@@](O)(O2)C(=O)C(=O)N2CCCC[C@H]2C(=O)O[C@H]([C@H](C)C[C@@H]2CC[C@@H](OCCO[Si](C)(C)C(C)(C)C)[C@H](OC)C2)CC[C@H](C)/C=C(\C)[C@@H](O)[C@@H](OC)C(=O)[C@H](C)C[C@H](C)/C=C/C=CC=C1C. The summed E-state index contributed by atoms with van der Waals surface area (Å²) >= 11 is 0. The van der Waals surface area contributed by atoms with E-state index in [1.165, 1.54) is 12.0 Å². The maximum absolute atomic E-state index is 14.6. The summed E-state index contributed by atoms with van der Waals surface area (Å²) in [6.07, 6.45) is 15.7. The number of piperidine rings is 1. The molecule has 4 aliphatic rings. The van der Waals surface area contributed by atoms with E-state index in [0.717, 1.165) is 31.3 Å². The van der Waals surface area contributed by atoms with Gasteiger partial charge in [0.2, 0.25) is 5.79 Å².